The normalized spacial score (nSPS) is 21.0. The quantitative estimate of drug-likeness (QED) is 0.848. The zero-order valence-electron chi connectivity index (χ0n) is 15.5. The van der Waals surface area contributed by atoms with E-state index < -0.39 is 0 Å². The number of amides is 1. The van der Waals surface area contributed by atoms with E-state index in [0.29, 0.717) is 23.9 Å². The maximum Gasteiger partial charge on any atom is 0.295 e. The molecule has 136 valence electrons. The minimum atomic E-state index is -0.192. The van der Waals surface area contributed by atoms with Crippen LogP contribution in [0, 0.1) is 17.8 Å². The van der Waals surface area contributed by atoms with Gasteiger partial charge in [0.05, 0.1) is 6.54 Å². The number of aromatic nitrogens is 4. The molecule has 2 heterocycles. The molecule has 0 unspecified atom stereocenters. The third-order valence-corrected chi connectivity index (χ3v) is 5.54. The third-order valence-electron chi connectivity index (χ3n) is 5.54. The van der Waals surface area contributed by atoms with Gasteiger partial charge in [0.25, 0.3) is 5.56 Å². The van der Waals surface area contributed by atoms with Crippen molar-refractivity contribution < 1.29 is 4.79 Å². The molecule has 0 spiro atoms. The molecule has 25 heavy (non-hydrogen) atoms. The van der Waals surface area contributed by atoms with Crippen LogP contribution in [0.3, 0.4) is 0 Å². The molecule has 2 aromatic heterocycles. The highest BCUT2D eigenvalue weighted by atomic mass is 16.2. The Bertz CT molecular complexity index is 814. The van der Waals surface area contributed by atoms with Crippen LogP contribution in [0.5, 0.6) is 0 Å². The number of rotatable bonds is 4. The minimum Gasteiger partial charge on any atom is -0.338 e. The molecule has 0 aliphatic heterocycles. The molecule has 1 aliphatic rings. The van der Waals surface area contributed by atoms with Crippen LogP contribution in [0.25, 0.3) is 5.65 Å². The fourth-order valence-corrected chi connectivity index (χ4v) is 3.76. The van der Waals surface area contributed by atoms with Crippen LogP contribution >= 0.6 is 0 Å². The summed E-state index contributed by atoms with van der Waals surface area (Å²) in [6.07, 6.45) is 7.63. The highest BCUT2D eigenvalue weighted by Crippen LogP contribution is 2.34. The summed E-state index contributed by atoms with van der Waals surface area (Å²) in [5.74, 6) is 2.32. The van der Waals surface area contributed by atoms with Crippen LogP contribution in [-0.2, 0) is 18.4 Å². The smallest absolute Gasteiger partial charge is 0.295 e. The summed E-state index contributed by atoms with van der Waals surface area (Å²) >= 11 is 0. The molecule has 0 radical (unpaired) electrons. The topological polar surface area (TPSA) is 72.5 Å². The molecule has 1 amide bonds. The second-order valence-electron chi connectivity index (χ2n) is 7.57. The average molecular weight is 345 g/mol. The fourth-order valence-electron chi connectivity index (χ4n) is 3.76. The Kier molecular flexibility index (Phi) is 4.92. The van der Waals surface area contributed by atoms with Crippen molar-refractivity contribution in [2.75, 3.05) is 7.05 Å². The van der Waals surface area contributed by atoms with E-state index in [-0.39, 0.29) is 17.4 Å². The Hall–Kier alpha value is -2.18. The summed E-state index contributed by atoms with van der Waals surface area (Å²) in [7, 11) is 3.48. The van der Waals surface area contributed by atoms with Crippen LogP contribution < -0.4 is 5.56 Å². The van der Waals surface area contributed by atoms with Gasteiger partial charge in [-0.1, -0.05) is 13.8 Å². The van der Waals surface area contributed by atoms with Crippen LogP contribution in [0.15, 0.2) is 17.2 Å². The summed E-state index contributed by atoms with van der Waals surface area (Å²) in [5, 5.41) is 8.08. The van der Waals surface area contributed by atoms with E-state index in [9.17, 15) is 9.59 Å². The second kappa shape index (κ2) is 6.98. The first kappa shape index (κ1) is 17.6. The van der Waals surface area contributed by atoms with E-state index in [4.69, 9.17) is 0 Å². The summed E-state index contributed by atoms with van der Waals surface area (Å²) < 4.78 is 3.14. The lowest BCUT2D eigenvalue weighted by Gasteiger charge is -2.32. The first-order chi connectivity index (χ1) is 11.9. The van der Waals surface area contributed by atoms with Gasteiger partial charge in [0, 0.05) is 32.4 Å². The maximum absolute atomic E-state index is 12.8. The molecule has 0 N–H and O–H groups in total. The van der Waals surface area contributed by atoms with Crippen LogP contribution in [0.4, 0.5) is 0 Å². The molecule has 1 fully saturated rings. The van der Waals surface area contributed by atoms with Gasteiger partial charge in [0.1, 0.15) is 0 Å². The molecule has 1 aliphatic carbocycles. The Morgan fingerprint density at radius 1 is 1.24 bits per heavy atom. The van der Waals surface area contributed by atoms with Gasteiger partial charge in [-0.25, -0.2) is 0 Å². The fraction of sp³-hybridized carbons (Fsp3) is 0.667. The van der Waals surface area contributed by atoms with Crippen molar-refractivity contribution >= 4 is 11.6 Å². The number of hydrogen-bond acceptors (Lipinski definition) is 4. The SMILES string of the molecule is CC(C)C1CCC(C(=O)N(C)Cc2nnc3c(=O)n(C)ccn23)CC1. The zero-order chi connectivity index (χ0) is 18.1. The van der Waals surface area contributed by atoms with Gasteiger partial charge in [-0.3, -0.25) is 14.0 Å². The van der Waals surface area contributed by atoms with E-state index >= 15 is 0 Å². The Labute approximate surface area is 147 Å². The lowest BCUT2D eigenvalue weighted by Crippen LogP contribution is -2.35. The van der Waals surface area contributed by atoms with Crippen molar-refractivity contribution in [2.24, 2.45) is 24.8 Å². The number of carbonyl (C=O) groups excluding carboxylic acids is 1. The monoisotopic (exact) mass is 345 g/mol. The predicted octanol–water partition coefficient (Wildman–Crippen LogP) is 1.85. The molecule has 1 saturated carbocycles. The largest absolute Gasteiger partial charge is 0.338 e. The van der Waals surface area contributed by atoms with Crippen molar-refractivity contribution in [3.8, 4) is 0 Å². The molecular formula is C18H27N5O2. The van der Waals surface area contributed by atoms with E-state index in [1.54, 1.807) is 35.8 Å². The van der Waals surface area contributed by atoms with Crippen LogP contribution in [0.2, 0.25) is 0 Å². The van der Waals surface area contributed by atoms with Gasteiger partial charge in [0.2, 0.25) is 11.6 Å². The molecule has 0 saturated heterocycles. The van der Waals surface area contributed by atoms with Gasteiger partial charge in [-0.2, -0.15) is 0 Å². The standard InChI is InChI=1S/C18H27N5O2/c1-12(2)13-5-7-14(8-6-13)17(24)22(4)11-15-19-20-16-18(25)21(3)9-10-23(15)16/h9-10,12-14H,5-8,11H2,1-4H3. The number of nitrogens with zero attached hydrogens (tertiary/aromatic N) is 5. The minimum absolute atomic E-state index is 0.104. The number of hydrogen-bond donors (Lipinski definition) is 0. The summed E-state index contributed by atoms with van der Waals surface area (Å²) in [4.78, 5) is 26.5. The van der Waals surface area contributed by atoms with Gasteiger partial charge >= 0.3 is 0 Å². The summed E-state index contributed by atoms with van der Waals surface area (Å²) in [6, 6.07) is 0. The van der Waals surface area contributed by atoms with E-state index in [1.807, 2.05) is 0 Å². The second-order valence-corrected chi connectivity index (χ2v) is 7.57. The maximum atomic E-state index is 12.8. The Morgan fingerprint density at radius 2 is 1.92 bits per heavy atom. The first-order valence-corrected chi connectivity index (χ1v) is 9.02. The van der Waals surface area contributed by atoms with Crippen molar-refractivity contribution in [2.45, 2.75) is 46.1 Å². The molecule has 0 aromatic carbocycles. The number of carbonyl (C=O) groups is 1. The zero-order valence-corrected chi connectivity index (χ0v) is 15.5. The highest BCUT2D eigenvalue weighted by Gasteiger charge is 2.29. The predicted molar refractivity (Wildman–Crippen MR) is 95.0 cm³/mol. The highest BCUT2D eigenvalue weighted by molar-refractivity contribution is 5.78. The van der Waals surface area contributed by atoms with Gasteiger partial charge in [0.15, 0.2) is 5.82 Å². The van der Waals surface area contributed by atoms with E-state index in [1.165, 1.54) is 4.57 Å². The lowest BCUT2D eigenvalue weighted by atomic mass is 9.76. The molecule has 0 bridgehead atoms. The molecule has 0 atom stereocenters. The summed E-state index contributed by atoms with van der Waals surface area (Å²) in [5.41, 5.74) is 0.0977. The van der Waals surface area contributed by atoms with E-state index in [0.717, 1.165) is 31.6 Å². The van der Waals surface area contributed by atoms with Crippen molar-refractivity contribution in [1.82, 2.24) is 24.1 Å². The van der Waals surface area contributed by atoms with Gasteiger partial charge in [-0.05, 0) is 37.5 Å². The number of fused-ring (bicyclic) bond motifs is 1. The average Bonchev–Trinajstić information content (AvgIpc) is 3.01. The van der Waals surface area contributed by atoms with Crippen molar-refractivity contribution in [3.05, 3.63) is 28.6 Å². The Balaban J connectivity index is 1.68. The number of aryl methyl sites for hydroxylation is 1. The Morgan fingerprint density at radius 3 is 2.56 bits per heavy atom. The molecule has 3 rings (SSSR count). The summed E-state index contributed by atoms with van der Waals surface area (Å²) in [6.45, 7) is 4.89. The molecule has 7 heteroatoms. The molecule has 7 nitrogen and oxygen atoms in total. The van der Waals surface area contributed by atoms with Crippen molar-refractivity contribution in [1.29, 1.82) is 0 Å². The van der Waals surface area contributed by atoms with Gasteiger partial charge < -0.3 is 9.47 Å². The molecule has 2 aromatic rings. The third kappa shape index (κ3) is 3.45. The lowest BCUT2D eigenvalue weighted by molar-refractivity contribution is -0.136. The van der Waals surface area contributed by atoms with E-state index in [2.05, 4.69) is 24.0 Å². The van der Waals surface area contributed by atoms with Crippen LogP contribution in [-0.4, -0.2) is 37.0 Å². The first-order valence-electron chi connectivity index (χ1n) is 9.02. The molecular weight excluding hydrogens is 318 g/mol. The van der Waals surface area contributed by atoms with Gasteiger partial charge in [-0.15, -0.1) is 10.2 Å². The van der Waals surface area contributed by atoms with Crippen molar-refractivity contribution in [3.63, 3.8) is 0 Å². The van der Waals surface area contributed by atoms with Crippen LogP contribution in [0.1, 0.15) is 45.4 Å².